The van der Waals surface area contributed by atoms with Gasteiger partial charge in [0.2, 0.25) is 35.4 Å². The number of nitrogens with one attached hydrogen (secondary N) is 5. The molecule has 1 rings (SSSR count). The monoisotopic (exact) mass is 700 g/mol. The summed E-state index contributed by atoms with van der Waals surface area (Å²) in [5, 5.41) is 41.2. The fourth-order valence-corrected chi connectivity index (χ4v) is 5.30. The number of carbonyl (C=O) groups is 7. The predicted octanol–water partition coefficient (Wildman–Crippen LogP) is -3.35. The van der Waals surface area contributed by atoms with Crippen LogP contribution in [0.25, 0.3) is 0 Å². The van der Waals surface area contributed by atoms with Gasteiger partial charge in [0.25, 0.3) is 0 Å². The topological polar surface area (TPSA) is 296 Å². The highest BCUT2D eigenvalue weighted by Crippen LogP contribution is 2.19. The smallest absolute Gasteiger partial charge is 0.326 e. The number of likely N-dealkylation sites (tertiary alicyclic amines) is 1. The third-order valence-electron chi connectivity index (χ3n) is 7.86. The SMILES string of the molecule is CC(C)CC(N)C(=O)NC(CO)C(=O)NC(CC(C)C)C(=O)NC(CO)C(=O)N1CCCC1C(=O)NCC(=O)NC(CCCCN)C(=O)O. The number of aliphatic hydroxyl groups excluding tert-OH is 2. The molecular formula is C31H56N8O10. The van der Waals surface area contributed by atoms with Gasteiger partial charge < -0.3 is 58.3 Å². The first-order valence-corrected chi connectivity index (χ1v) is 16.7. The number of nitrogens with zero attached hydrogens (tertiary/aromatic N) is 1. The molecule has 6 amide bonds. The third-order valence-corrected chi connectivity index (χ3v) is 7.86. The number of nitrogens with two attached hydrogens (primary N) is 2. The van der Waals surface area contributed by atoms with Crippen LogP contribution < -0.4 is 38.1 Å². The van der Waals surface area contributed by atoms with Crippen molar-refractivity contribution in [2.75, 3.05) is 32.8 Å². The standard InChI is InChI=1S/C31H56N8O10/c1-17(2)12-19(33)26(43)37-22(15-40)28(45)36-21(13-18(3)4)27(44)38-23(16-41)30(47)39-11-7-9-24(39)29(46)34-14-25(42)35-20(31(48)49)8-5-6-10-32/h17-24,40-41H,5-16,32-33H2,1-4H3,(H,34,46)(H,35,42)(H,36,45)(H,37,43)(H,38,44)(H,48,49). The zero-order valence-electron chi connectivity index (χ0n) is 28.9. The van der Waals surface area contributed by atoms with Gasteiger partial charge in [-0.05, 0) is 63.3 Å². The van der Waals surface area contributed by atoms with Crippen molar-refractivity contribution in [2.45, 2.75) is 109 Å². The number of amides is 6. The minimum atomic E-state index is -1.48. The molecular weight excluding hydrogens is 644 g/mol. The van der Waals surface area contributed by atoms with Crippen LogP contribution in [0.15, 0.2) is 0 Å². The molecule has 1 heterocycles. The number of aliphatic carboxylic acids is 1. The van der Waals surface area contributed by atoms with Gasteiger partial charge in [0, 0.05) is 6.54 Å². The van der Waals surface area contributed by atoms with Crippen LogP contribution in [0, 0.1) is 11.8 Å². The Kier molecular flexibility index (Phi) is 19.3. The van der Waals surface area contributed by atoms with E-state index in [1.165, 1.54) is 4.90 Å². The van der Waals surface area contributed by atoms with E-state index in [0.29, 0.717) is 32.2 Å². The molecule has 0 aliphatic carbocycles. The van der Waals surface area contributed by atoms with Gasteiger partial charge in [0.1, 0.15) is 30.2 Å². The second-order valence-corrected chi connectivity index (χ2v) is 13.1. The summed E-state index contributed by atoms with van der Waals surface area (Å²) in [5.41, 5.74) is 11.3. The molecule has 1 fully saturated rings. The normalized spacial score (nSPS) is 17.4. The van der Waals surface area contributed by atoms with Crippen molar-refractivity contribution in [1.29, 1.82) is 0 Å². The van der Waals surface area contributed by atoms with Gasteiger partial charge in [-0.2, -0.15) is 0 Å². The van der Waals surface area contributed by atoms with Gasteiger partial charge in [-0.15, -0.1) is 0 Å². The van der Waals surface area contributed by atoms with Gasteiger partial charge in [0.15, 0.2) is 0 Å². The molecule has 6 unspecified atom stereocenters. The van der Waals surface area contributed by atoms with Crippen LogP contribution in [0.5, 0.6) is 0 Å². The third kappa shape index (κ3) is 15.1. The first-order chi connectivity index (χ1) is 23.1. The second kappa shape index (κ2) is 22.0. The van der Waals surface area contributed by atoms with Gasteiger partial charge in [-0.3, -0.25) is 28.8 Å². The van der Waals surface area contributed by atoms with Crippen LogP contribution in [0.3, 0.4) is 0 Å². The molecule has 0 bridgehead atoms. The molecule has 12 N–H and O–H groups in total. The van der Waals surface area contributed by atoms with Gasteiger partial charge >= 0.3 is 5.97 Å². The Labute approximate surface area is 286 Å². The predicted molar refractivity (Wildman–Crippen MR) is 177 cm³/mol. The number of hydrogen-bond donors (Lipinski definition) is 10. The molecule has 280 valence electrons. The molecule has 0 spiro atoms. The Morgan fingerprint density at radius 1 is 0.776 bits per heavy atom. The summed E-state index contributed by atoms with van der Waals surface area (Å²) < 4.78 is 0. The van der Waals surface area contributed by atoms with E-state index >= 15 is 0 Å². The van der Waals surface area contributed by atoms with Crippen LogP contribution in [0.4, 0.5) is 0 Å². The number of carboxylic acids is 1. The number of unbranched alkanes of at least 4 members (excludes halogenated alkanes) is 1. The minimum absolute atomic E-state index is 0.107. The van der Waals surface area contributed by atoms with Crippen LogP contribution >= 0.6 is 0 Å². The van der Waals surface area contributed by atoms with Crippen LogP contribution in [-0.4, -0.2) is 131 Å². The summed E-state index contributed by atoms with van der Waals surface area (Å²) in [6.07, 6.45) is 2.35. The Morgan fingerprint density at radius 3 is 1.90 bits per heavy atom. The zero-order valence-corrected chi connectivity index (χ0v) is 28.9. The number of hydrogen-bond acceptors (Lipinski definition) is 11. The van der Waals surface area contributed by atoms with E-state index in [1.54, 1.807) is 13.8 Å². The number of rotatable bonds is 22. The summed E-state index contributed by atoms with van der Waals surface area (Å²) in [7, 11) is 0. The maximum Gasteiger partial charge on any atom is 0.326 e. The molecule has 49 heavy (non-hydrogen) atoms. The lowest BCUT2D eigenvalue weighted by atomic mass is 10.0. The average Bonchev–Trinajstić information content (AvgIpc) is 3.53. The lowest BCUT2D eigenvalue weighted by molar-refractivity contribution is -0.143. The second-order valence-electron chi connectivity index (χ2n) is 13.1. The largest absolute Gasteiger partial charge is 0.480 e. The average molecular weight is 701 g/mol. The van der Waals surface area contributed by atoms with Crippen molar-refractivity contribution in [3.8, 4) is 0 Å². The van der Waals surface area contributed by atoms with Gasteiger partial charge in [0.05, 0.1) is 25.8 Å². The number of carbonyl (C=O) groups excluding carboxylic acids is 6. The fraction of sp³-hybridized carbons (Fsp3) is 0.774. The highest BCUT2D eigenvalue weighted by atomic mass is 16.4. The van der Waals surface area contributed by atoms with Crippen LogP contribution in [0.1, 0.15) is 72.6 Å². The lowest BCUT2D eigenvalue weighted by Gasteiger charge is -2.29. The molecule has 1 aliphatic rings. The summed E-state index contributed by atoms with van der Waals surface area (Å²) in [5.74, 6) is -5.73. The van der Waals surface area contributed by atoms with E-state index < -0.39 is 97.4 Å². The first-order valence-electron chi connectivity index (χ1n) is 16.7. The van der Waals surface area contributed by atoms with Crippen molar-refractivity contribution in [2.24, 2.45) is 23.3 Å². The van der Waals surface area contributed by atoms with Crippen molar-refractivity contribution in [3.63, 3.8) is 0 Å². The maximum absolute atomic E-state index is 13.4. The Bertz CT molecular complexity index is 1140. The molecule has 0 aromatic carbocycles. The van der Waals surface area contributed by atoms with Crippen molar-refractivity contribution in [1.82, 2.24) is 31.5 Å². The van der Waals surface area contributed by atoms with E-state index in [-0.39, 0.29) is 37.6 Å². The quantitative estimate of drug-likeness (QED) is 0.0496. The summed E-state index contributed by atoms with van der Waals surface area (Å²) in [6.45, 7) is 5.69. The fourth-order valence-electron chi connectivity index (χ4n) is 5.30. The molecule has 6 atom stereocenters. The van der Waals surface area contributed by atoms with E-state index in [4.69, 9.17) is 11.5 Å². The van der Waals surface area contributed by atoms with E-state index in [9.17, 15) is 48.9 Å². The first kappa shape index (κ1) is 43.2. The van der Waals surface area contributed by atoms with Crippen LogP contribution in [-0.2, 0) is 33.6 Å². The Morgan fingerprint density at radius 2 is 1.35 bits per heavy atom. The van der Waals surface area contributed by atoms with E-state index in [0.717, 1.165) is 0 Å². The van der Waals surface area contributed by atoms with Crippen LogP contribution in [0.2, 0.25) is 0 Å². The summed E-state index contributed by atoms with van der Waals surface area (Å²) in [6, 6.07) is -7.19. The van der Waals surface area contributed by atoms with Crippen molar-refractivity contribution < 1.29 is 48.9 Å². The molecule has 1 aliphatic heterocycles. The van der Waals surface area contributed by atoms with Crippen molar-refractivity contribution >= 4 is 41.4 Å². The maximum atomic E-state index is 13.4. The molecule has 0 aromatic heterocycles. The number of aliphatic hydroxyl groups is 2. The van der Waals surface area contributed by atoms with E-state index in [1.807, 2.05) is 13.8 Å². The molecule has 0 radical (unpaired) electrons. The minimum Gasteiger partial charge on any atom is -0.480 e. The molecule has 18 heteroatoms. The Balaban J connectivity index is 2.90. The highest BCUT2D eigenvalue weighted by Gasteiger charge is 2.39. The van der Waals surface area contributed by atoms with Gasteiger partial charge in [-0.1, -0.05) is 27.7 Å². The summed E-state index contributed by atoms with van der Waals surface area (Å²) >= 11 is 0. The zero-order chi connectivity index (χ0) is 37.3. The Hall–Kier alpha value is -3.87. The summed E-state index contributed by atoms with van der Waals surface area (Å²) in [4.78, 5) is 90.2. The molecule has 18 nitrogen and oxygen atoms in total. The molecule has 1 saturated heterocycles. The number of carboxylic acid groups (broad SMARTS) is 1. The van der Waals surface area contributed by atoms with E-state index in [2.05, 4.69) is 26.6 Å². The van der Waals surface area contributed by atoms with Gasteiger partial charge in [-0.25, -0.2) is 4.79 Å². The highest BCUT2D eigenvalue weighted by molar-refractivity contribution is 5.96. The van der Waals surface area contributed by atoms with Crippen molar-refractivity contribution in [3.05, 3.63) is 0 Å². The molecule has 0 saturated carbocycles. The molecule has 0 aromatic rings. The lowest BCUT2D eigenvalue weighted by Crippen LogP contribution is -2.60.